The third kappa shape index (κ3) is 3.81. The maximum Gasteiger partial charge on any atom is 0.217 e. The molecular formula is C15H21N5O2S2. The van der Waals surface area contributed by atoms with Gasteiger partial charge < -0.3 is 0 Å². The molecule has 0 saturated carbocycles. The maximum absolute atomic E-state index is 12.5. The van der Waals surface area contributed by atoms with E-state index in [1.807, 2.05) is 37.4 Å². The normalized spacial score (nSPS) is 24.3. The largest absolute Gasteiger partial charge is 0.255 e. The highest BCUT2D eigenvalue weighted by atomic mass is 32.2. The Morgan fingerprint density at radius 3 is 2.62 bits per heavy atom. The number of thiazole rings is 1. The molecule has 1 aliphatic heterocycles. The zero-order valence-electron chi connectivity index (χ0n) is 13.6. The molecule has 2 aromatic rings. The predicted molar refractivity (Wildman–Crippen MR) is 95.0 cm³/mol. The first-order valence-corrected chi connectivity index (χ1v) is 10.3. The monoisotopic (exact) mass is 367 g/mol. The van der Waals surface area contributed by atoms with E-state index < -0.39 is 15.3 Å². The Hall–Kier alpha value is -1.39. The molecule has 2 atom stereocenters. The van der Waals surface area contributed by atoms with Gasteiger partial charge in [0.25, 0.3) is 0 Å². The average molecular weight is 368 g/mol. The molecule has 1 aliphatic rings. The summed E-state index contributed by atoms with van der Waals surface area (Å²) in [5.41, 5.74) is 7.59. The summed E-state index contributed by atoms with van der Waals surface area (Å²) in [7, 11) is -3.38. The van der Waals surface area contributed by atoms with Crippen LogP contribution in [0, 0.1) is 0 Å². The second-order valence-electron chi connectivity index (χ2n) is 5.86. The van der Waals surface area contributed by atoms with Gasteiger partial charge in [-0.2, -0.15) is 0 Å². The lowest BCUT2D eigenvalue weighted by molar-refractivity contribution is 0.545. The molecule has 3 N–H and O–H groups in total. The molecule has 0 aliphatic carbocycles. The van der Waals surface area contributed by atoms with E-state index in [-0.39, 0.29) is 12.1 Å². The van der Waals surface area contributed by atoms with E-state index in [4.69, 9.17) is 0 Å². The number of sulfonamides is 1. The van der Waals surface area contributed by atoms with E-state index in [2.05, 4.69) is 25.5 Å². The van der Waals surface area contributed by atoms with Crippen LogP contribution in [0.1, 0.15) is 18.9 Å². The molecule has 9 heteroatoms. The van der Waals surface area contributed by atoms with E-state index in [0.717, 1.165) is 16.4 Å². The van der Waals surface area contributed by atoms with Crippen LogP contribution in [0.2, 0.25) is 0 Å². The van der Waals surface area contributed by atoms with Crippen LogP contribution in [0.15, 0.2) is 29.8 Å². The molecule has 0 amide bonds. The van der Waals surface area contributed by atoms with Crippen LogP contribution in [0.4, 0.5) is 0 Å². The highest BCUT2D eigenvalue weighted by molar-refractivity contribution is 7.90. The lowest BCUT2D eigenvalue weighted by Gasteiger charge is -2.18. The fourth-order valence-corrected chi connectivity index (χ4v) is 5.43. The first kappa shape index (κ1) is 17.4. The number of hydrogen-bond acceptors (Lipinski definition) is 7. The molecule has 7 nitrogen and oxygen atoms in total. The van der Waals surface area contributed by atoms with Crippen molar-refractivity contribution >= 4 is 21.4 Å². The van der Waals surface area contributed by atoms with Gasteiger partial charge in [0.05, 0.1) is 16.4 Å². The van der Waals surface area contributed by atoms with Gasteiger partial charge in [-0.05, 0) is 26.0 Å². The number of pyridine rings is 1. The van der Waals surface area contributed by atoms with Gasteiger partial charge in [-0.25, -0.2) is 18.1 Å². The quantitative estimate of drug-likeness (QED) is 0.703. The van der Waals surface area contributed by atoms with E-state index in [9.17, 15) is 8.42 Å². The molecule has 1 saturated heterocycles. The SMILES string of the molecule is CC1NNC(C)C1S(=O)(=O)NCCc1nc(-c2ccccn2)cs1. The standard InChI is InChI=1S/C15H21N5O2S2/c1-10-15(11(2)20-19-10)24(21,22)17-8-6-14-18-13(9-23-14)12-5-3-4-7-16-12/h3-5,7,9-11,15,17,19-20H,6,8H2,1-2H3. The van der Waals surface area contributed by atoms with Crippen LogP contribution in [0.3, 0.4) is 0 Å². The van der Waals surface area contributed by atoms with Gasteiger partial charge in [0.15, 0.2) is 0 Å². The number of rotatable bonds is 6. The van der Waals surface area contributed by atoms with Crippen molar-refractivity contribution in [2.75, 3.05) is 6.54 Å². The molecule has 0 bridgehead atoms. The summed E-state index contributed by atoms with van der Waals surface area (Å²) in [4.78, 5) is 8.79. The fraction of sp³-hybridized carbons (Fsp3) is 0.467. The van der Waals surface area contributed by atoms with Gasteiger partial charge in [-0.1, -0.05) is 6.07 Å². The van der Waals surface area contributed by atoms with Gasteiger partial charge in [0.1, 0.15) is 5.25 Å². The summed E-state index contributed by atoms with van der Waals surface area (Å²) in [6, 6.07) is 5.42. The van der Waals surface area contributed by atoms with Gasteiger partial charge in [-0.3, -0.25) is 15.8 Å². The van der Waals surface area contributed by atoms with Crippen LogP contribution in [-0.4, -0.2) is 42.3 Å². The minimum Gasteiger partial charge on any atom is -0.255 e. The van der Waals surface area contributed by atoms with Gasteiger partial charge in [0.2, 0.25) is 10.0 Å². The third-order valence-corrected chi connectivity index (χ3v) is 7.05. The summed E-state index contributed by atoms with van der Waals surface area (Å²) >= 11 is 1.52. The highest BCUT2D eigenvalue weighted by Gasteiger charge is 2.39. The molecule has 0 spiro atoms. The molecule has 3 heterocycles. The number of hydrogen-bond donors (Lipinski definition) is 3. The molecule has 130 valence electrons. The topological polar surface area (TPSA) is 96.0 Å². The van der Waals surface area contributed by atoms with Crippen molar-refractivity contribution in [2.45, 2.75) is 37.6 Å². The Labute approximate surface area is 145 Å². The maximum atomic E-state index is 12.5. The first-order valence-electron chi connectivity index (χ1n) is 7.83. The summed E-state index contributed by atoms with van der Waals surface area (Å²) < 4.78 is 27.6. The van der Waals surface area contributed by atoms with Crippen molar-refractivity contribution in [2.24, 2.45) is 0 Å². The second-order valence-corrected chi connectivity index (χ2v) is 8.73. The van der Waals surface area contributed by atoms with Crippen molar-refractivity contribution in [3.63, 3.8) is 0 Å². The van der Waals surface area contributed by atoms with E-state index >= 15 is 0 Å². The van der Waals surface area contributed by atoms with Crippen LogP contribution in [0.5, 0.6) is 0 Å². The van der Waals surface area contributed by atoms with Gasteiger partial charge >= 0.3 is 0 Å². The summed E-state index contributed by atoms with van der Waals surface area (Å²) in [5.74, 6) is 0. The first-order chi connectivity index (χ1) is 11.5. The number of aromatic nitrogens is 2. The van der Waals surface area contributed by atoms with E-state index in [0.29, 0.717) is 13.0 Å². The molecule has 1 fully saturated rings. The number of hydrazine groups is 1. The zero-order valence-corrected chi connectivity index (χ0v) is 15.2. The second kappa shape index (κ2) is 7.24. The van der Waals surface area contributed by atoms with Crippen molar-refractivity contribution in [3.05, 3.63) is 34.8 Å². The Bertz CT molecular complexity index is 768. The molecule has 2 aromatic heterocycles. The summed E-state index contributed by atoms with van der Waals surface area (Å²) in [5, 5.41) is 2.35. The fourth-order valence-electron chi connectivity index (χ4n) is 2.85. The van der Waals surface area contributed by atoms with Crippen molar-refractivity contribution in [1.82, 2.24) is 25.5 Å². The van der Waals surface area contributed by atoms with Gasteiger partial charge in [-0.15, -0.1) is 11.3 Å². The average Bonchev–Trinajstić information content (AvgIpc) is 3.15. The van der Waals surface area contributed by atoms with Gasteiger partial charge in [0, 0.05) is 36.6 Å². The van der Waals surface area contributed by atoms with Crippen LogP contribution < -0.4 is 15.6 Å². The minimum absolute atomic E-state index is 0.131. The zero-order chi connectivity index (χ0) is 17.2. The van der Waals surface area contributed by atoms with Crippen molar-refractivity contribution in [1.29, 1.82) is 0 Å². The Morgan fingerprint density at radius 2 is 1.96 bits per heavy atom. The summed E-state index contributed by atoms with van der Waals surface area (Å²) in [6.45, 7) is 4.06. The smallest absolute Gasteiger partial charge is 0.217 e. The van der Waals surface area contributed by atoms with E-state index in [1.54, 1.807) is 6.20 Å². The predicted octanol–water partition coefficient (Wildman–Crippen LogP) is 0.920. The van der Waals surface area contributed by atoms with Crippen LogP contribution in [-0.2, 0) is 16.4 Å². The Balaban J connectivity index is 1.58. The summed E-state index contributed by atoms with van der Waals surface area (Å²) in [6.07, 6.45) is 2.29. The van der Waals surface area contributed by atoms with Crippen LogP contribution in [0.25, 0.3) is 11.4 Å². The molecular weight excluding hydrogens is 346 g/mol. The van der Waals surface area contributed by atoms with Crippen molar-refractivity contribution < 1.29 is 8.42 Å². The molecule has 3 rings (SSSR count). The Morgan fingerprint density at radius 1 is 1.21 bits per heavy atom. The lowest BCUT2D eigenvalue weighted by Crippen LogP contribution is -2.45. The van der Waals surface area contributed by atoms with Crippen LogP contribution >= 0.6 is 11.3 Å². The molecule has 24 heavy (non-hydrogen) atoms. The Kier molecular flexibility index (Phi) is 5.26. The molecule has 2 unspecified atom stereocenters. The lowest BCUT2D eigenvalue weighted by atomic mass is 10.2. The van der Waals surface area contributed by atoms with Crippen molar-refractivity contribution in [3.8, 4) is 11.4 Å². The minimum atomic E-state index is -3.38. The molecule has 0 aromatic carbocycles. The third-order valence-electron chi connectivity index (χ3n) is 4.00. The number of nitrogens with one attached hydrogen (secondary N) is 3. The number of nitrogens with zero attached hydrogens (tertiary/aromatic N) is 2. The molecule has 0 radical (unpaired) electrons. The van der Waals surface area contributed by atoms with E-state index in [1.165, 1.54) is 11.3 Å². The highest BCUT2D eigenvalue weighted by Crippen LogP contribution is 2.20.